The van der Waals surface area contributed by atoms with Crippen molar-refractivity contribution in [3.63, 3.8) is 0 Å². The van der Waals surface area contributed by atoms with Crippen molar-refractivity contribution in [2.24, 2.45) is 0 Å². The van der Waals surface area contributed by atoms with Crippen LogP contribution in [0.15, 0.2) is 48.6 Å². The zero-order valence-electron chi connectivity index (χ0n) is 13.4. The number of benzene rings is 1. The molecule has 0 amide bonds. The number of carbonyl (C=O) groups excluding carboxylic acids is 1. The Kier molecular flexibility index (Phi) is 4.69. The van der Waals surface area contributed by atoms with Crippen molar-refractivity contribution in [1.82, 2.24) is 0 Å². The van der Waals surface area contributed by atoms with Crippen LogP contribution >= 0.6 is 0 Å². The van der Waals surface area contributed by atoms with Crippen molar-refractivity contribution < 1.29 is 15.0 Å². The molecule has 0 saturated carbocycles. The molecule has 0 saturated heterocycles. The standard InChI is InChI=1S/C19H24O3/c1-14(2)16-9-7-15(8-10-16)13-18(3,21)17(20)19(22)11-5-4-6-12-19/h4-11,14,21-22H,12-13H2,1-3H3. The van der Waals surface area contributed by atoms with Crippen LogP contribution in [0.4, 0.5) is 0 Å². The molecule has 2 unspecified atom stereocenters. The first kappa shape index (κ1) is 16.7. The molecule has 0 spiro atoms. The summed E-state index contributed by atoms with van der Waals surface area (Å²) in [6, 6.07) is 7.88. The number of allylic oxidation sites excluding steroid dienone is 2. The van der Waals surface area contributed by atoms with Crippen LogP contribution in [0.1, 0.15) is 44.2 Å². The Balaban J connectivity index is 2.14. The molecule has 3 nitrogen and oxygen atoms in total. The second-order valence-electron chi connectivity index (χ2n) is 6.59. The van der Waals surface area contributed by atoms with Crippen molar-refractivity contribution in [2.45, 2.75) is 50.7 Å². The van der Waals surface area contributed by atoms with Crippen molar-refractivity contribution >= 4 is 5.78 Å². The zero-order valence-corrected chi connectivity index (χ0v) is 13.4. The van der Waals surface area contributed by atoms with Gasteiger partial charge in [-0.2, -0.15) is 0 Å². The van der Waals surface area contributed by atoms with E-state index in [2.05, 4.69) is 13.8 Å². The quantitative estimate of drug-likeness (QED) is 0.879. The lowest BCUT2D eigenvalue weighted by Crippen LogP contribution is -2.51. The van der Waals surface area contributed by atoms with E-state index in [-0.39, 0.29) is 12.8 Å². The Morgan fingerprint density at radius 1 is 1.27 bits per heavy atom. The smallest absolute Gasteiger partial charge is 0.200 e. The van der Waals surface area contributed by atoms with Gasteiger partial charge < -0.3 is 10.2 Å². The van der Waals surface area contributed by atoms with Crippen LogP contribution in [0, 0.1) is 0 Å². The third kappa shape index (κ3) is 3.54. The highest BCUT2D eigenvalue weighted by molar-refractivity contribution is 5.96. The molecular weight excluding hydrogens is 276 g/mol. The van der Waals surface area contributed by atoms with Crippen molar-refractivity contribution in [3.05, 3.63) is 59.7 Å². The lowest BCUT2D eigenvalue weighted by molar-refractivity contribution is -0.150. The Hall–Kier alpha value is -1.71. The maximum atomic E-state index is 12.5. The predicted molar refractivity (Wildman–Crippen MR) is 87.7 cm³/mol. The predicted octanol–water partition coefficient (Wildman–Crippen LogP) is 2.92. The summed E-state index contributed by atoms with van der Waals surface area (Å²) in [5.41, 5.74) is -1.13. The van der Waals surface area contributed by atoms with Gasteiger partial charge in [-0.15, -0.1) is 0 Å². The van der Waals surface area contributed by atoms with E-state index >= 15 is 0 Å². The Bertz CT molecular complexity index is 594. The number of hydrogen-bond donors (Lipinski definition) is 2. The van der Waals surface area contributed by atoms with Crippen LogP contribution in [-0.2, 0) is 11.2 Å². The van der Waals surface area contributed by atoms with E-state index in [1.807, 2.05) is 24.3 Å². The van der Waals surface area contributed by atoms with E-state index < -0.39 is 17.0 Å². The van der Waals surface area contributed by atoms with Gasteiger partial charge in [-0.05, 0) is 30.0 Å². The van der Waals surface area contributed by atoms with Crippen LogP contribution in [-0.4, -0.2) is 27.2 Å². The maximum absolute atomic E-state index is 12.5. The molecule has 2 atom stereocenters. The third-order valence-electron chi connectivity index (χ3n) is 4.13. The highest BCUT2D eigenvalue weighted by Gasteiger charge is 2.44. The van der Waals surface area contributed by atoms with E-state index in [0.717, 1.165) is 5.56 Å². The molecule has 0 aliphatic heterocycles. The molecule has 0 bridgehead atoms. The molecule has 1 aliphatic rings. The number of Topliss-reactive ketones (excluding diaryl/α,β-unsaturated/α-hetero) is 1. The summed E-state index contributed by atoms with van der Waals surface area (Å²) >= 11 is 0. The van der Waals surface area contributed by atoms with Gasteiger partial charge in [-0.3, -0.25) is 4.79 Å². The minimum absolute atomic E-state index is 0.185. The average Bonchev–Trinajstić information content (AvgIpc) is 2.47. The number of hydrogen-bond acceptors (Lipinski definition) is 3. The highest BCUT2D eigenvalue weighted by Crippen LogP contribution is 2.27. The summed E-state index contributed by atoms with van der Waals surface area (Å²) in [7, 11) is 0. The summed E-state index contributed by atoms with van der Waals surface area (Å²) in [6.07, 6.45) is 6.97. The van der Waals surface area contributed by atoms with Crippen molar-refractivity contribution in [2.75, 3.05) is 0 Å². The molecular formula is C19H24O3. The van der Waals surface area contributed by atoms with Gasteiger partial charge in [-0.25, -0.2) is 0 Å². The number of aliphatic hydroxyl groups is 2. The molecule has 1 aliphatic carbocycles. The molecule has 118 valence electrons. The maximum Gasteiger partial charge on any atom is 0.200 e. The van der Waals surface area contributed by atoms with Gasteiger partial charge in [0.2, 0.25) is 0 Å². The fraction of sp³-hybridized carbons (Fsp3) is 0.421. The molecule has 0 fully saturated rings. The fourth-order valence-electron chi connectivity index (χ4n) is 2.74. The number of carbonyl (C=O) groups is 1. The second-order valence-corrected chi connectivity index (χ2v) is 6.59. The van der Waals surface area contributed by atoms with Crippen LogP contribution in [0.25, 0.3) is 0 Å². The first-order valence-electron chi connectivity index (χ1n) is 7.67. The lowest BCUT2D eigenvalue weighted by Gasteiger charge is -2.32. The summed E-state index contributed by atoms with van der Waals surface area (Å²) in [4.78, 5) is 12.5. The van der Waals surface area contributed by atoms with E-state index in [1.165, 1.54) is 18.6 Å². The Labute approximate surface area is 132 Å². The molecule has 2 N–H and O–H groups in total. The molecule has 0 heterocycles. The van der Waals surface area contributed by atoms with Gasteiger partial charge in [0.1, 0.15) is 11.2 Å². The SMILES string of the molecule is CC(C)c1ccc(CC(C)(O)C(=O)C2(O)C=CC=CC2)cc1. The van der Waals surface area contributed by atoms with E-state index in [1.54, 1.807) is 18.2 Å². The van der Waals surface area contributed by atoms with E-state index in [0.29, 0.717) is 5.92 Å². The Morgan fingerprint density at radius 3 is 2.41 bits per heavy atom. The number of rotatable bonds is 5. The average molecular weight is 300 g/mol. The largest absolute Gasteiger partial charge is 0.382 e. The molecule has 2 rings (SSSR count). The van der Waals surface area contributed by atoms with Crippen LogP contribution < -0.4 is 0 Å². The molecule has 3 heteroatoms. The van der Waals surface area contributed by atoms with E-state index in [9.17, 15) is 15.0 Å². The second kappa shape index (κ2) is 6.19. The Morgan fingerprint density at radius 2 is 1.91 bits per heavy atom. The van der Waals surface area contributed by atoms with Gasteiger partial charge in [0.15, 0.2) is 5.78 Å². The topological polar surface area (TPSA) is 57.5 Å². The van der Waals surface area contributed by atoms with E-state index in [4.69, 9.17) is 0 Å². The van der Waals surface area contributed by atoms with Gasteiger partial charge in [-0.1, -0.05) is 56.3 Å². The van der Waals surface area contributed by atoms with Crippen LogP contribution in [0.5, 0.6) is 0 Å². The zero-order chi connectivity index (χ0) is 16.4. The first-order valence-corrected chi connectivity index (χ1v) is 7.67. The molecule has 1 aromatic carbocycles. The van der Waals surface area contributed by atoms with Crippen LogP contribution in [0.2, 0.25) is 0 Å². The summed E-state index contributed by atoms with van der Waals surface area (Å²) < 4.78 is 0. The minimum atomic E-state index is -1.61. The number of ketones is 1. The highest BCUT2D eigenvalue weighted by atomic mass is 16.3. The summed E-state index contributed by atoms with van der Waals surface area (Å²) in [5.74, 6) is -0.121. The van der Waals surface area contributed by atoms with Gasteiger partial charge in [0.25, 0.3) is 0 Å². The molecule has 22 heavy (non-hydrogen) atoms. The lowest BCUT2D eigenvalue weighted by atomic mass is 9.79. The first-order chi connectivity index (χ1) is 10.2. The minimum Gasteiger partial charge on any atom is -0.382 e. The van der Waals surface area contributed by atoms with Crippen molar-refractivity contribution in [1.29, 1.82) is 0 Å². The van der Waals surface area contributed by atoms with Gasteiger partial charge in [0, 0.05) is 12.8 Å². The monoisotopic (exact) mass is 300 g/mol. The normalized spacial score (nSPS) is 23.5. The van der Waals surface area contributed by atoms with Crippen molar-refractivity contribution in [3.8, 4) is 0 Å². The molecule has 1 aromatic rings. The van der Waals surface area contributed by atoms with Crippen LogP contribution in [0.3, 0.4) is 0 Å². The molecule has 0 radical (unpaired) electrons. The third-order valence-corrected chi connectivity index (χ3v) is 4.13. The summed E-state index contributed by atoms with van der Waals surface area (Å²) in [5, 5.41) is 21.0. The summed E-state index contributed by atoms with van der Waals surface area (Å²) in [6.45, 7) is 5.70. The molecule has 0 aromatic heterocycles. The fourth-order valence-corrected chi connectivity index (χ4v) is 2.74. The van der Waals surface area contributed by atoms with Gasteiger partial charge >= 0.3 is 0 Å². The van der Waals surface area contributed by atoms with Gasteiger partial charge in [0.05, 0.1) is 0 Å².